The average molecular weight is 421 g/mol. The van der Waals surface area contributed by atoms with Crippen molar-refractivity contribution in [2.24, 2.45) is 0 Å². The Hall–Kier alpha value is -3.39. The molecule has 150 valence electrons. The van der Waals surface area contributed by atoms with Crippen molar-refractivity contribution in [2.45, 2.75) is 5.60 Å². The van der Waals surface area contributed by atoms with E-state index >= 15 is 0 Å². The van der Waals surface area contributed by atoms with Crippen LogP contribution in [0.1, 0.15) is 16.7 Å². The molecule has 0 amide bonds. The third kappa shape index (κ3) is 3.42. The van der Waals surface area contributed by atoms with Gasteiger partial charge in [-0.3, -0.25) is 0 Å². The first kappa shape index (κ1) is 19.6. The molecule has 0 aliphatic carbocycles. The van der Waals surface area contributed by atoms with E-state index < -0.39 is 5.60 Å². The summed E-state index contributed by atoms with van der Waals surface area (Å²) in [6.45, 7) is 0. The quantitative estimate of drug-likeness (QED) is 0.299. The number of rotatable bonds is 4. The highest BCUT2D eigenvalue weighted by atomic mass is 35.5. The first-order valence-electron chi connectivity index (χ1n) is 10.3. The minimum Gasteiger partial charge on any atom is -0.376 e. The van der Waals surface area contributed by atoms with Gasteiger partial charge in [0.1, 0.15) is 5.60 Å². The van der Waals surface area contributed by atoms with Gasteiger partial charge in [-0.05, 0) is 45.2 Å². The van der Waals surface area contributed by atoms with E-state index in [0.29, 0.717) is 5.02 Å². The largest absolute Gasteiger partial charge is 0.376 e. The molecule has 0 heterocycles. The molecule has 5 aromatic rings. The zero-order valence-electron chi connectivity index (χ0n) is 16.9. The standard InChI is InChI=1S/C29H21ClO/c30-24-19-17-23(18-20-24)29(31,22-11-2-1-3-12-22)28-16-7-6-14-27(28)26-15-8-10-21-9-4-5-13-25(21)26/h1-20,31H. The van der Waals surface area contributed by atoms with Crippen molar-refractivity contribution in [1.82, 2.24) is 0 Å². The summed E-state index contributed by atoms with van der Waals surface area (Å²) in [5.74, 6) is 0. The second-order valence-corrected chi connectivity index (χ2v) is 8.09. The first-order valence-corrected chi connectivity index (χ1v) is 10.7. The van der Waals surface area contributed by atoms with Crippen molar-refractivity contribution < 1.29 is 5.11 Å². The maximum Gasteiger partial charge on any atom is 0.141 e. The lowest BCUT2D eigenvalue weighted by Gasteiger charge is -2.32. The second kappa shape index (κ2) is 8.03. The highest BCUT2D eigenvalue weighted by Gasteiger charge is 2.36. The Morgan fingerprint density at radius 2 is 1.10 bits per heavy atom. The van der Waals surface area contributed by atoms with E-state index in [1.54, 1.807) is 0 Å². The van der Waals surface area contributed by atoms with Crippen molar-refractivity contribution in [1.29, 1.82) is 0 Å². The van der Waals surface area contributed by atoms with Crippen LogP contribution in [0.4, 0.5) is 0 Å². The fraction of sp³-hybridized carbons (Fsp3) is 0.0345. The Kier molecular flexibility index (Phi) is 5.07. The lowest BCUT2D eigenvalue weighted by atomic mass is 9.77. The molecule has 0 aromatic heterocycles. The van der Waals surface area contributed by atoms with Crippen LogP contribution in [0.15, 0.2) is 121 Å². The van der Waals surface area contributed by atoms with Gasteiger partial charge >= 0.3 is 0 Å². The Labute approximate surface area is 187 Å². The Morgan fingerprint density at radius 1 is 0.516 bits per heavy atom. The van der Waals surface area contributed by atoms with Gasteiger partial charge in [0.2, 0.25) is 0 Å². The monoisotopic (exact) mass is 420 g/mol. The molecule has 1 unspecified atom stereocenters. The number of hydrogen-bond donors (Lipinski definition) is 1. The SMILES string of the molecule is OC(c1ccccc1)(c1ccc(Cl)cc1)c1ccccc1-c1cccc2ccccc12. The molecule has 0 saturated carbocycles. The van der Waals surface area contributed by atoms with Gasteiger partial charge in [-0.2, -0.15) is 0 Å². The molecule has 0 aliphatic heterocycles. The van der Waals surface area contributed by atoms with Crippen molar-refractivity contribution in [3.63, 3.8) is 0 Å². The van der Waals surface area contributed by atoms with Crippen LogP contribution in [0.5, 0.6) is 0 Å². The molecule has 1 atom stereocenters. The number of hydrogen-bond acceptors (Lipinski definition) is 1. The average Bonchev–Trinajstić information content (AvgIpc) is 2.84. The molecule has 1 N–H and O–H groups in total. The lowest BCUT2D eigenvalue weighted by molar-refractivity contribution is 0.126. The normalized spacial score (nSPS) is 13.1. The molecule has 0 radical (unpaired) electrons. The summed E-state index contributed by atoms with van der Waals surface area (Å²) in [6, 6.07) is 40.0. The van der Waals surface area contributed by atoms with Crippen molar-refractivity contribution in [3.8, 4) is 11.1 Å². The predicted octanol–water partition coefficient (Wildman–Crippen LogP) is 7.44. The number of aliphatic hydroxyl groups is 1. The van der Waals surface area contributed by atoms with E-state index in [4.69, 9.17) is 11.6 Å². The summed E-state index contributed by atoms with van der Waals surface area (Å²) >= 11 is 6.16. The van der Waals surface area contributed by atoms with Crippen LogP contribution in [0.25, 0.3) is 21.9 Å². The van der Waals surface area contributed by atoms with Gasteiger partial charge in [-0.15, -0.1) is 0 Å². The third-order valence-corrected chi connectivity index (χ3v) is 6.10. The Bertz CT molecular complexity index is 1340. The summed E-state index contributed by atoms with van der Waals surface area (Å²) < 4.78 is 0. The van der Waals surface area contributed by atoms with Gasteiger partial charge in [0.05, 0.1) is 0 Å². The van der Waals surface area contributed by atoms with Crippen LogP contribution in [-0.4, -0.2) is 5.11 Å². The minimum absolute atomic E-state index is 0.640. The van der Waals surface area contributed by atoms with Crippen LogP contribution in [-0.2, 0) is 5.60 Å². The lowest BCUT2D eigenvalue weighted by Crippen LogP contribution is -2.29. The van der Waals surface area contributed by atoms with Gasteiger partial charge < -0.3 is 5.11 Å². The summed E-state index contributed by atoms with van der Waals surface area (Å²) in [6.07, 6.45) is 0. The highest BCUT2D eigenvalue weighted by Crippen LogP contribution is 2.43. The van der Waals surface area contributed by atoms with Crippen LogP contribution < -0.4 is 0 Å². The van der Waals surface area contributed by atoms with E-state index in [1.807, 2.05) is 78.9 Å². The molecule has 0 aliphatic rings. The second-order valence-electron chi connectivity index (χ2n) is 7.66. The summed E-state index contributed by atoms with van der Waals surface area (Å²) in [7, 11) is 0. The maximum absolute atomic E-state index is 12.4. The zero-order valence-corrected chi connectivity index (χ0v) is 17.6. The van der Waals surface area contributed by atoms with Gasteiger partial charge in [0.15, 0.2) is 0 Å². The van der Waals surface area contributed by atoms with Gasteiger partial charge in [-0.1, -0.05) is 121 Å². The highest BCUT2D eigenvalue weighted by molar-refractivity contribution is 6.30. The molecule has 0 saturated heterocycles. The number of fused-ring (bicyclic) bond motifs is 1. The van der Waals surface area contributed by atoms with Crippen molar-refractivity contribution in [3.05, 3.63) is 143 Å². The van der Waals surface area contributed by atoms with E-state index in [-0.39, 0.29) is 0 Å². The van der Waals surface area contributed by atoms with E-state index in [1.165, 1.54) is 5.39 Å². The van der Waals surface area contributed by atoms with Crippen LogP contribution >= 0.6 is 11.6 Å². The first-order chi connectivity index (χ1) is 15.2. The van der Waals surface area contributed by atoms with E-state index in [9.17, 15) is 5.11 Å². The molecule has 5 rings (SSSR count). The summed E-state index contributed by atoms with van der Waals surface area (Å²) in [4.78, 5) is 0. The number of benzene rings is 5. The van der Waals surface area contributed by atoms with E-state index in [0.717, 1.165) is 33.2 Å². The molecule has 1 nitrogen and oxygen atoms in total. The summed E-state index contributed by atoms with van der Waals surface area (Å²) in [5, 5.41) is 15.4. The van der Waals surface area contributed by atoms with Crippen LogP contribution in [0, 0.1) is 0 Å². The topological polar surface area (TPSA) is 20.2 Å². The molecular formula is C29H21ClO. The molecule has 0 bridgehead atoms. The third-order valence-electron chi connectivity index (χ3n) is 5.85. The Morgan fingerprint density at radius 3 is 1.90 bits per heavy atom. The zero-order chi connectivity index (χ0) is 21.3. The molecule has 0 spiro atoms. The van der Waals surface area contributed by atoms with Gasteiger partial charge in [0, 0.05) is 10.6 Å². The predicted molar refractivity (Wildman–Crippen MR) is 129 cm³/mol. The maximum atomic E-state index is 12.4. The smallest absolute Gasteiger partial charge is 0.141 e. The molecule has 31 heavy (non-hydrogen) atoms. The fourth-order valence-electron chi connectivity index (χ4n) is 4.34. The molecule has 0 fully saturated rings. The van der Waals surface area contributed by atoms with Crippen molar-refractivity contribution >= 4 is 22.4 Å². The molecule has 2 heteroatoms. The fourth-order valence-corrected chi connectivity index (χ4v) is 4.47. The van der Waals surface area contributed by atoms with Gasteiger partial charge in [-0.25, -0.2) is 0 Å². The minimum atomic E-state index is -1.33. The number of halogens is 1. The Balaban J connectivity index is 1.82. The van der Waals surface area contributed by atoms with Crippen molar-refractivity contribution in [2.75, 3.05) is 0 Å². The molecular weight excluding hydrogens is 400 g/mol. The molecule has 5 aromatic carbocycles. The van der Waals surface area contributed by atoms with E-state index in [2.05, 4.69) is 42.5 Å². The van der Waals surface area contributed by atoms with Crippen LogP contribution in [0.2, 0.25) is 5.02 Å². The van der Waals surface area contributed by atoms with Crippen LogP contribution in [0.3, 0.4) is 0 Å². The van der Waals surface area contributed by atoms with Gasteiger partial charge in [0.25, 0.3) is 0 Å². The summed E-state index contributed by atoms with van der Waals surface area (Å²) in [5.41, 5.74) is 3.18.